The van der Waals surface area contributed by atoms with Crippen LogP contribution in [0.2, 0.25) is 0 Å². The molecule has 0 saturated carbocycles. The molecule has 0 aliphatic carbocycles. The molecular weight excluding hydrogens is 244 g/mol. The lowest BCUT2D eigenvalue weighted by Gasteiger charge is -2.17. The molecule has 0 aromatic carbocycles. The van der Waals surface area contributed by atoms with Crippen LogP contribution in [0.25, 0.3) is 0 Å². The van der Waals surface area contributed by atoms with E-state index in [1.807, 2.05) is 0 Å². The van der Waals surface area contributed by atoms with Crippen molar-refractivity contribution in [3.05, 3.63) is 0 Å². The van der Waals surface area contributed by atoms with E-state index in [1.165, 1.54) is 0 Å². The number of carbonyl (C=O) groups excluding carboxylic acids is 1. The first-order valence-corrected chi connectivity index (χ1v) is 7.08. The molecule has 5 heteroatoms. The Balaban J connectivity index is 3.26. The fourth-order valence-corrected chi connectivity index (χ4v) is 1.51. The van der Waals surface area contributed by atoms with Gasteiger partial charge in [0.1, 0.15) is 0 Å². The monoisotopic (exact) mass is 274 g/mol. The van der Waals surface area contributed by atoms with Crippen molar-refractivity contribution in [2.24, 2.45) is 11.1 Å². The quantitative estimate of drug-likeness (QED) is 0.557. The molecule has 0 aromatic rings. The first-order chi connectivity index (χ1) is 8.95. The molecule has 0 rings (SSSR count). The van der Waals surface area contributed by atoms with Crippen molar-refractivity contribution in [1.82, 2.24) is 5.32 Å². The number of ether oxygens (including phenoxy) is 2. The van der Waals surface area contributed by atoms with E-state index in [4.69, 9.17) is 15.2 Å². The van der Waals surface area contributed by atoms with E-state index in [0.29, 0.717) is 44.8 Å². The second-order valence-corrected chi connectivity index (χ2v) is 5.78. The summed E-state index contributed by atoms with van der Waals surface area (Å²) in [4.78, 5) is 11.5. The lowest BCUT2D eigenvalue weighted by atomic mass is 9.91. The SMILES string of the molecule is CC(C)(C)CCCNC(=O)CCOCCOCCN. The van der Waals surface area contributed by atoms with Crippen LogP contribution in [-0.4, -0.2) is 45.4 Å². The van der Waals surface area contributed by atoms with Crippen LogP contribution in [0.3, 0.4) is 0 Å². The number of nitrogens with one attached hydrogen (secondary N) is 1. The van der Waals surface area contributed by atoms with Crippen molar-refractivity contribution in [2.45, 2.75) is 40.0 Å². The van der Waals surface area contributed by atoms with Crippen molar-refractivity contribution in [1.29, 1.82) is 0 Å². The van der Waals surface area contributed by atoms with Gasteiger partial charge in [0.15, 0.2) is 0 Å². The molecule has 19 heavy (non-hydrogen) atoms. The molecule has 0 aromatic heterocycles. The van der Waals surface area contributed by atoms with E-state index in [2.05, 4.69) is 26.1 Å². The van der Waals surface area contributed by atoms with E-state index in [1.54, 1.807) is 0 Å². The van der Waals surface area contributed by atoms with Gasteiger partial charge in [-0.25, -0.2) is 0 Å². The molecule has 0 saturated heterocycles. The Morgan fingerprint density at radius 2 is 1.74 bits per heavy atom. The van der Waals surface area contributed by atoms with E-state index < -0.39 is 0 Å². The summed E-state index contributed by atoms with van der Waals surface area (Å²) < 4.78 is 10.4. The van der Waals surface area contributed by atoms with Gasteiger partial charge in [0.05, 0.1) is 26.4 Å². The molecule has 0 heterocycles. The molecule has 114 valence electrons. The molecular formula is C14H30N2O3. The number of carbonyl (C=O) groups is 1. The van der Waals surface area contributed by atoms with Crippen LogP contribution < -0.4 is 11.1 Å². The van der Waals surface area contributed by atoms with Gasteiger partial charge in [-0.05, 0) is 18.3 Å². The van der Waals surface area contributed by atoms with Gasteiger partial charge >= 0.3 is 0 Å². The van der Waals surface area contributed by atoms with Gasteiger partial charge in [-0.15, -0.1) is 0 Å². The van der Waals surface area contributed by atoms with Crippen LogP contribution in [0.5, 0.6) is 0 Å². The fourth-order valence-electron chi connectivity index (χ4n) is 1.51. The molecule has 0 fully saturated rings. The minimum atomic E-state index is 0.0526. The molecule has 0 aliphatic rings. The first-order valence-electron chi connectivity index (χ1n) is 7.08. The third-order valence-corrected chi connectivity index (χ3v) is 2.53. The summed E-state index contributed by atoms with van der Waals surface area (Å²) in [6, 6.07) is 0. The zero-order chi connectivity index (χ0) is 14.6. The van der Waals surface area contributed by atoms with Crippen molar-refractivity contribution < 1.29 is 14.3 Å². The predicted molar refractivity (Wildman–Crippen MR) is 77.0 cm³/mol. The Labute approximate surface area is 117 Å². The highest BCUT2D eigenvalue weighted by Crippen LogP contribution is 2.19. The highest BCUT2D eigenvalue weighted by Gasteiger charge is 2.09. The summed E-state index contributed by atoms with van der Waals surface area (Å²) in [7, 11) is 0. The zero-order valence-corrected chi connectivity index (χ0v) is 12.7. The number of amides is 1. The summed E-state index contributed by atoms with van der Waals surface area (Å²) >= 11 is 0. The largest absolute Gasteiger partial charge is 0.379 e. The molecule has 0 atom stereocenters. The lowest BCUT2D eigenvalue weighted by molar-refractivity contribution is -0.122. The van der Waals surface area contributed by atoms with Crippen LogP contribution in [0.1, 0.15) is 40.0 Å². The normalized spacial score (nSPS) is 11.6. The summed E-state index contributed by atoms with van der Waals surface area (Å²) in [6.45, 7) is 9.92. The van der Waals surface area contributed by atoms with Gasteiger partial charge in [0.25, 0.3) is 0 Å². The molecule has 1 amide bonds. The summed E-state index contributed by atoms with van der Waals surface area (Å²) in [5.74, 6) is 0.0526. The minimum Gasteiger partial charge on any atom is -0.379 e. The Morgan fingerprint density at radius 1 is 1.11 bits per heavy atom. The van der Waals surface area contributed by atoms with Crippen LogP contribution in [0.4, 0.5) is 0 Å². The van der Waals surface area contributed by atoms with Crippen molar-refractivity contribution in [3.63, 3.8) is 0 Å². The number of hydrogen-bond donors (Lipinski definition) is 2. The lowest BCUT2D eigenvalue weighted by Crippen LogP contribution is -2.26. The van der Waals surface area contributed by atoms with Gasteiger partial charge in [0, 0.05) is 19.5 Å². The molecule has 0 radical (unpaired) electrons. The second-order valence-electron chi connectivity index (χ2n) is 5.78. The molecule has 0 aliphatic heterocycles. The molecule has 0 spiro atoms. The standard InChI is InChI=1S/C14H30N2O3/c1-14(2,3)6-4-8-16-13(17)5-9-18-11-12-19-10-7-15/h4-12,15H2,1-3H3,(H,16,17). The highest BCUT2D eigenvalue weighted by molar-refractivity contribution is 5.75. The summed E-state index contributed by atoms with van der Waals surface area (Å²) in [5.41, 5.74) is 5.61. The summed E-state index contributed by atoms with van der Waals surface area (Å²) in [6.07, 6.45) is 2.54. The molecule has 3 N–H and O–H groups in total. The van der Waals surface area contributed by atoms with Crippen LogP contribution in [0.15, 0.2) is 0 Å². The maximum Gasteiger partial charge on any atom is 0.222 e. The van der Waals surface area contributed by atoms with E-state index >= 15 is 0 Å². The maximum atomic E-state index is 11.5. The number of rotatable bonds is 11. The number of nitrogens with two attached hydrogens (primary N) is 1. The first kappa shape index (κ1) is 18.4. The third-order valence-electron chi connectivity index (χ3n) is 2.53. The Morgan fingerprint density at radius 3 is 2.32 bits per heavy atom. The Bertz CT molecular complexity index is 227. The van der Waals surface area contributed by atoms with E-state index in [0.717, 1.165) is 19.4 Å². The molecule has 5 nitrogen and oxygen atoms in total. The fraction of sp³-hybridized carbons (Fsp3) is 0.929. The molecule has 0 bridgehead atoms. The second kappa shape index (κ2) is 11.2. The van der Waals surface area contributed by atoms with Gasteiger partial charge < -0.3 is 20.5 Å². The Hall–Kier alpha value is -0.650. The molecule has 0 unspecified atom stereocenters. The smallest absolute Gasteiger partial charge is 0.222 e. The van der Waals surface area contributed by atoms with Gasteiger partial charge in [-0.1, -0.05) is 20.8 Å². The van der Waals surface area contributed by atoms with Gasteiger partial charge in [-0.3, -0.25) is 4.79 Å². The van der Waals surface area contributed by atoms with Crippen molar-refractivity contribution >= 4 is 5.91 Å². The van der Waals surface area contributed by atoms with E-state index in [-0.39, 0.29) is 5.91 Å². The highest BCUT2D eigenvalue weighted by atomic mass is 16.5. The summed E-state index contributed by atoms with van der Waals surface area (Å²) in [5, 5.41) is 2.90. The minimum absolute atomic E-state index is 0.0526. The predicted octanol–water partition coefficient (Wildman–Crippen LogP) is 1.31. The van der Waals surface area contributed by atoms with Gasteiger partial charge in [-0.2, -0.15) is 0 Å². The number of hydrogen-bond acceptors (Lipinski definition) is 4. The van der Waals surface area contributed by atoms with Crippen molar-refractivity contribution in [2.75, 3.05) is 39.5 Å². The third kappa shape index (κ3) is 15.3. The van der Waals surface area contributed by atoms with Crippen LogP contribution in [-0.2, 0) is 14.3 Å². The topological polar surface area (TPSA) is 73.6 Å². The zero-order valence-electron chi connectivity index (χ0n) is 12.7. The van der Waals surface area contributed by atoms with Crippen molar-refractivity contribution in [3.8, 4) is 0 Å². The Kier molecular flexibility index (Phi) is 10.8. The van der Waals surface area contributed by atoms with Gasteiger partial charge in [0.2, 0.25) is 5.91 Å². The average molecular weight is 274 g/mol. The maximum absolute atomic E-state index is 11.5. The van der Waals surface area contributed by atoms with Crippen LogP contribution >= 0.6 is 0 Å². The van der Waals surface area contributed by atoms with E-state index in [9.17, 15) is 4.79 Å². The average Bonchev–Trinajstić information content (AvgIpc) is 2.32. The van der Waals surface area contributed by atoms with Crippen LogP contribution in [0, 0.1) is 5.41 Å².